The number of hydrogen-bond donors (Lipinski definition) is 0. The monoisotopic (exact) mass is 460 g/mol. The second-order valence-electron chi connectivity index (χ2n) is 7.84. The Hall–Kier alpha value is -3.58. The third kappa shape index (κ3) is 4.12. The van der Waals surface area contributed by atoms with E-state index in [2.05, 4.69) is 17.1 Å². The van der Waals surface area contributed by atoms with Gasteiger partial charge in [-0.25, -0.2) is 8.42 Å². The quantitative estimate of drug-likeness (QED) is 0.397. The second kappa shape index (κ2) is 8.75. The summed E-state index contributed by atoms with van der Waals surface area (Å²) in [5.41, 5.74) is 3.12. The summed E-state index contributed by atoms with van der Waals surface area (Å²) in [6.45, 7) is 3.70. The number of aromatic nitrogens is 1. The van der Waals surface area contributed by atoms with Gasteiger partial charge < -0.3 is 14.1 Å². The van der Waals surface area contributed by atoms with Crippen LogP contribution in [0.1, 0.15) is 18.1 Å². The van der Waals surface area contributed by atoms with Crippen LogP contribution < -0.4 is 9.64 Å². The van der Waals surface area contributed by atoms with Gasteiger partial charge in [-0.2, -0.15) is 4.98 Å². The van der Waals surface area contributed by atoms with Crippen LogP contribution in [0.4, 0.5) is 5.88 Å². The molecule has 4 aromatic rings. The molecule has 168 valence electrons. The minimum atomic E-state index is -3.87. The number of benzene rings is 3. The van der Waals surface area contributed by atoms with Crippen molar-refractivity contribution < 1.29 is 17.6 Å². The first-order chi connectivity index (χ1) is 16.1. The number of fused-ring (bicyclic) bond motifs is 1. The van der Waals surface area contributed by atoms with Gasteiger partial charge in [-0.1, -0.05) is 42.5 Å². The van der Waals surface area contributed by atoms with Gasteiger partial charge in [-0.05, 0) is 60.9 Å². The normalized spacial score (nSPS) is 13.5. The Morgan fingerprint density at radius 1 is 0.939 bits per heavy atom. The average Bonchev–Trinajstić information content (AvgIpc) is 3.31. The molecule has 1 aromatic heterocycles. The van der Waals surface area contributed by atoms with E-state index in [0.29, 0.717) is 25.3 Å². The van der Waals surface area contributed by atoms with Gasteiger partial charge >= 0.3 is 0 Å². The number of ether oxygens (including phenoxy) is 1. The van der Waals surface area contributed by atoms with Crippen LogP contribution in [0.15, 0.2) is 93.2 Å². The van der Waals surface area contributed by atoms with Crippen molar-refractivity contribution in [3.8, 4) is 17.2 Å². The summed E-state index contributed by atoms with van der Waals surface area (Å²) in [5, 5.41) is -0.0584. The molecule has 0 saturated carbocycles. The zero-order chi connectivity index (χ0) is 22.8. The van der Waals surface area contributed by atoms with Crippen LogP contribution in [-0.4, -0.2) is 26.6 Å². The molecule has 0 aliphatic carbocycles. The maximum atomic E-state index is 13.6. The lowest BCUT2D eigenvalue weighted by atomic mass is 10.0. The van der Waals surface area contributed by atoms with Crippen LogP contribution in [0.3, 0.4) is 0 Å². The topological polar surface area (TPSA) is 72.6 Å². The SMILES string of the molecule is CCOc1ccc(-c2nc(S(=O)(=O)c3ccccc3)c(N3CCc4ccccc4C3)o2)cc1. The number of rotatable bonds is 6. The van der Waals surface area contributed by atoms with E-state index in [0.717, 1.165) is 17.7 Å². The molecular formula is C26H24N2O4S. The van der Waals surface area contributed by atoms with Crippen molar-refractivity contribution in [2.24, 2.45) is 0 Å². The molecule has 0 bridgehead atoms. The number of oxazole rings is 1. The van der Waals surface area contributed by atoms with Crippen molar-refractivity contribution in [1.29, 1.82) is 0 Å². The molecule has 0 radical (unpaired) electrons. The van der Waals surface area contributed by atoms with Crippen LogP contribution in [0.25, 0.3) is 11.5 Å². The van der Waals surface area contributed by atoms with E-state index in [1.54, 1.807) is 30.3 Å². The first-order valence-corrected chi connectivity index (χ1v) is 12.4. The largest absolute Gasteiger partial charge is 0.494 e. The molecule has 0 fully saturated rings. The van der Waals surface area contributed by atoms with Gasteiger partial charge in [-0.15, -0.1) is 0 Å². The fourth-order valence-electron chi connectivity index (χ4n) is 4.04. The highest BCUT2D eigenvalue weighted by Crippen LogP contribution is 2.37. The van der Waals surface area contributed by atoms with Crippen LogP contribution in [0.2, 0.25) is 0 Å². The van der Waals surface area contributed by atoms with Crippen molar-refractivity contribution >= 4 is 15.7 Å². The van der Waals surface area contributed by atoms with Crippen LogP contribution in [-0.2, 0) is 22.8 Å². The zero-order valence-corrected chi connectivity index (χ0v) is 19.1. The fraction of sp³-hybridized carbons (Fsp3) is 0.192. The lowest BCUT2D eigenvalue weighted by Gasteiger charge is -2.28. The predicted octanol–water partition coefficient (Wildman–Crippen LogP) is 5.14. The van der Waals surface area contributed by atoms with Crippen molar-refractivity contribution in [2.45, 2.75) is 29.8 Å². The van der Waals surface area contributed by atoms with E-state index in [4.69, 9.17) is 9.15 Å². The molecule has 6 nitrogen and oxygen atoms in total. The molecule has 5 rings (SSSR count). The molecule has 33 heavy (non-hydrogen) atoms. The minimum Gasteiger partial charge on any atom is -0.494 e. The molecule has 0 atom stereocenters. The Labute approximate surface area is 193 Å². The molecule has 0 amide bonds. The van der Waals surface area contributed by atoms with Crippen LogP contribution in [0, 0.1) is 0 Å². The molecule has 0 N–H and O–H groups in total. The van der Waals surface area contributed by atoms with Gasteiger partial charge in [0.05, 0.1) is 11.5 Å². The molecule has 0 saturated heterocycles. The second-order valence-corrected chi connectivity index (χ2v) is 9.71. The molecule has 7 heteroatoms. The van der Waals surface area contributed by atoms with Crippen molar-refractivity contribution in [2.75, 3.05) is 18.1 Å². The van der Waals surface area contributed by atoms with Crippen LogP contribution in [0.5, 0.6) is 5.75 Å². The lowest BCUT2D eigenvalue weighted by molar-refractivity contribution is 0.340. The van der Waals surface area contributed by atoms with E-state index in [1.165, 1.54) is 5.56 Å². The van der Waals surface area contributed by atoms with Gasteiger partial charge in [0.25, 0.3) is 0 Å². The predicted molar refractivity (Wildman–Crippen MR) is 126 cm³/mol. The van der Waals surface area contributed by atoms with Gasteiger partial charge in [0.1, 0.15) is 5.75 Å². The van der Waals surface area contributed by atoms with Crippen molar-refractivity contribution in [3.05, 3.63) is 90.0 Å². The molecule has 3 aromatic carbocycles. The van der Waals surface area contributed by atoms with Crippen molar-refractivity contribution in [3.63, 3.8) is 0 Å². The molecular weight excluding hydrogens is 436 g/mol. The van der Waals surface area contributed by atoms with Crippen LogP contribution >= 0.6 is 0 Å². The van der Waals surface area contributed by atoms with Gasteiger partial charge in [0.15, 0.2) is 0 Å². The molecule has 1 aliphatic rings. The summed E-state index contributed by atoms with van der Waals surface area (Å²) < 4.78 is 38.8. The summed E-state index contributed by atoms with van der Waals surface area (Å²) in [6, 6.07) is 23.9. The summed E-state index contributed by atoms with van der Waals surface area (Å²) in [4.78, 5) is 6.65. The summed E-state index contributed by atoms with van der Waals surface area (Å²) in [7, 11) is -3.87. The smallest absolute Gasteiger partial charge is 0.236 e. The van der Waals surface area contributed by atoms with Crippen molar-refractivity contribution in [1.82, 2.24) is 4.98 Å². The van der Waals surface area contributed by atoms with E-state index in [1.807, 2.05) is 48.2 Å². The summed E-state index contributed by atoms with van der Waals surface area (Å²) >= 11 is 0. The van der Waals surface area contributed by atoms with E-state index < -0.39 is 9.84 Å². The first-order valence-electron chi connectivity index (χ1n) is 10.9. The average molecular weight is 461 g/mol. The van der Waals surface area contributed by atoms with E-state index in [9.17, 15) is 8.42 Å². The Bertz CT molecular complexity index is 1360. The molecule has 1 aliphatic heterocycles. The Morgan fingerprint density at radius 2 is 1.64 bits per heavy atom. The minimum absolute atomic E-state index is 0.0584. The number of anilines is 1. The van der Waals surface area contributed by atoms with Gasteiger partial charge in [-0.3, -0.25) is 0 Å². The summed E-state index contributed by atoms with van der Waals surface area (Å²) in [6.07, 6.45) is 0.806. The van der Waals surface area contributed by atoms with E-state index in [-0.39, 0.29) is 21.7 Å². The Morgan fingerprint density at radius 3 is 2.36 bits per heavy atom. The van der Waals surface area contributed by atoms with Gasteiger partial charge in [0.2, 0.25) is 26.6 Å². The third-order valence-electron chi connectivity index (χ3n) is 5.72. The lowest BCUT2D eigenvalue weighted by Crippen LogP contribution is -2.31. The number of nitrogens with zero attached hydrogens (tertiary/aromatic N) is 2. The number of sulfone groups is 1. The Balaban J connectivity index is 1.59. The molecule has 0 spiro atoms. The zero-order valence-electron chi connectivity index (χ0n) is 18.3. The summed E-state index contributed by atoms with van der Waals surface area (Å²) in [5.74, 6) is 1.27. The Kier molecular flexibility index (Phi) is 5.64. The molecule has 0 unspecified atom stereocenters. The highest BCUT2D eigenvalue weighted by molar-refractivity contribution is 7.91. The fourth-order valence-corrected chi connectivity index (χ4v) is 5.38. The van der Waals surface area contributed by atoms with E-state index >= 15 is 0 Å². The third-order valence-corrected chi connectivity index (χ3v) is 7.39. The number of hydrogen-bond acceptors (Lipinski definition) is 6. The highest BCUT2D eigenvalue weighted by atomic mass is 32.2. The highest BCUT2D eigenvalue weighted by Gasteiger charge is 2.32. The maximum absolute atomic E-state index is 13.6. The first kappa shape index (κ1) is 21.3. The molecule has 2 heterocycles. The standard InChI is InChI=1S/C26H24N2O4S/c1-2-31-22-14-12-20(13-15-22)24-27-25(33(29,30)23-10-4-3-5-11-23)26(32-24)28-17-16-19-8-6-7-9-21(19)18-28/h3-15H,2,16-18H2,1H3. The maximum Gasteiger partial charge on any atom is 0.236 e. The van der Waals surface area contributed by atoms with Gasteiger partial charge in [0, 0.05) is 18.7 Å².